The Labute approximate surface area is 98.6 Å². The molecule has 0 aliphatic carbocycles. The number of fused-ring (bicyclic) bond motifs is 1. The summed E-state index contributed by atoms with van der Waals surface area (Å²) in [5.74, 6) is 0. The van der Waals surface area contributed by atoms with Gasteiger partial charge < -0.3 is 14.2 Å². The van der Waals surface area contributed by atoms with Gasteiger partial charge in [-0.2, -0.15) is 0 Å². The van der Waals surface area contributed by atoms with Gasteiger partial charge in [0.1, 0.15) is 0 Å². The summed E-state index contributed by atoms with van der Waals surface area (Å²) in [6.07, 6.45) is 4.98. The second kappa shape index (κ2) is 5.09. The zero-order valence-electron chi connectivity index (χ0n) is 8.45. The summed E-state index contributed by atoms with van der Waals surface area (Å²) in [5.41, 5.74) is 0. The van der Waals surface area contributed by atoms with E-state index < -0.39 is 0 Å². The van der Waals surface area contributed by atoms with Crippen molar-refractivity contribution in [2.45, 2.75) is 48.1 Å². The van der Waals surface area contributed by atoms with Crippen LogP contribution in [-0.2, 0) is 14.2 Å². The third kappa shape index (κ3) is 2.40. The highest BCUT2D eigenvalue weighted by Crippen LogP contribution is 2.31. The first-order chi connectivity index (χ1) is 6.81. The van der Waals surface area contributed by atoms with Crippen molar-refractivity contribution in [2.24, 2.45) is 0 Å². The van der Waals surface area contributed by atoms with Crippen molar-refractivity contribution in [3.05, 3.63) is 0 Å². The molecule has 4 atom stereocenters. The van der Waals surface area contributed by atoms with Crippen LogP contribution in [-0.4, -0.2) is 36.1 Å². The minimum Gasteiger partial charge on any atom is -0.376 e. The van der Waals surface area contributed by atoms with Crippen molar-refractivity contribution < 1.29 is 14.2 Å². The van der Waals surface area contributed by atoms with E-state index in [4.69, 9.17) is 14.2 Å². The van der Waals surface area contributed by atoms with Crippen LogP contribution in [0, 0.1) is 0 Å². The molecule has 2 unspecified atom stereocenters. The van der Waals surface area contributed by atoms with Crippen LogP contribution in [0.5, 0.6) is 0 Å². The third-order valence-electron chi connectivity index (χ3n) is 2.94. The van der Waals surface area contributed by atoms with Gasteiger partial charge >= 0.3 is 0 Å². The zero-order chi connectivity index (χ0) is 9.97. The molecule has 0 aromatic carbocycles. The Balaban J connectivity index is 2.00. The number of alkyl halides is 1. The molecule has 0 N–H and O–H groups in total. The van der Waals surface area contributed by atoms with E-state index in [1.807, 2.05) is 0 Å². The van der Waals surface area contributed by atoms with Gasteiger partial charge in [-0.25, -0.2) is 0 Å². The van der Waals surface area contributed by atoms with Crippen molar-refractivity contribution in [2.75, 3.05) is 13.7 Å². The monoisotopic (exact) mass is 312 g/mol. The van der Waals surface area contributed by atoms with E-state index in [2.05, 4.69) is 22.6 Å². The molecule has 0 spiro atoms. The molecule has 0 amide bonds. The van der Waals surface area contributed by atoms with Crippen LogP contribution in [0.15, 0.2) is 0 Å². The van der Waals surface area contributed by atoms with Gasteiger partial charge in [0, 0.05) is 13.7 Å². The van der Waals surface area contributed by atoms with E-state index in [9.17, 15) is 0 Å². The normalized spacial score (nSPS) is 44.1. The van der Waals surface area contributed by atoms with Crippen LogP contribution in [0.4, 0.5) is 0 Å². The Morgan fingerprint density at radius 2 is 2.07 bits per heavy atom. The summed E-state index contributed by atoms with van der Waals surface area (Å²) in [6, 6.07) is 0. The van der Waals surface area contributed by atoms with Crippen LogP contribution in [0.25, 0.3) is 0 Å². The van der Waals surface area contributed by atoms with Crippen molar-refractivity contribution in [1.29, 1.82) is 0 Å². The molecule has 2 heterocycles. The van der Waals surface area contributed by atoms with Crippen molar-refractivity contribution in [3.8, 4) is 0 Å². The zero-order valence-corrected chi connectivity index (χ0v) is 10.6. The molecule has 82 valence electrons. The van der Waals surface area contributed by atoms with E-state index >= 15 is 0 Å². The van der Waals surface area contributed by atoms with E-state index in [1.54, 1.807) is 7.11 Å². The average Bonchev–Trinajstić information content (AvgIpc) is 2.38. The molecular formula is C10H17IO3. The Kier molecular flexibility index (Phi) is 4.04. The maximum Gasteiger partial charge on any atom is 0.169 e. The van der Waals surface area contributed by atoms with Gasteiger partial charge in [0.2, 0.25) is 0 Å². The Morgan fingerprint density at radius 3 is 2.86 bits per heavy atom. The van der Waals surface area contributed by atoms with Gasteiger partial charge in [0.05, 0.1) is 16.1 Å². The highest BCUT2D eigenvalue weighted by Gasteiger charge is 2.35. The quantitative estimate of drug-likeness (QED) is 0.548. The minimum absolute atomic E-state index is 0.0488. The smallest absolute Gasteiger partial charge is 0.169 e. The SMILES string of the molecule is COC1O[C@@H]2CCCO[C@@H]2CCC1I. The fourth-order valence-corrected chi connectivity index (χ4v) is 2.98. The van der Waals surface area contributed by atoms with Gasteiger partial charge in [0.25, 0.3) is 0 Å². The molecule has 3 nitrogen and oxygen atoms in total. The average molecular weight is 312 g/mol. The lowest BCUT2D eigenvalue weighted by molar-refractivity contribution is -0.188. The van der Waals surface area contributed by atoms with Gasteiger partial charge in [-0.3, -0.25) is 0 Å². The van der Waals surface area contributed by atoms with E-state index in [-0.39, 0.29) is 12.4 Å². The van der Waals surface area contributed by atoms with E-state index in [0.717, 1.165) is 32.3 Å². The second-order valence-electron chi connectivity index (χ2n) is 3.92. The molecule has 0 aromatic heterocycles. The molecule has 2 aliphatic rings. The van der Waals surface area contributed by atoms with Gasteiger partial charge in [-0.1, -0.05) is 22.6 Å². The molecule has 2 saturated heterocycles. The predicted molar refractivity (Wildman–Crippen MR) is 61.7 cm³/mol. The van der Waals surface area contributed by atoms with Gasteiger partial charge in [-0.15, -0.1) is 0 Å². The number of hydrogen-bond donors (Lipinski definition) is 0. The molecule has 14 heavy (non-hydrogen) atoms. The maximum atomic E-state index is 5.92. The molecule has 0 aromatic rings. The first-order valence-electron chi connectivity index (χ1n) is 5.25. The highest BCUT2D eigenvalue weighted by atomic mass is 127. The molecule has 0 radical (unpaired) electrons. The lowest BCUT2D eigenvalue weighted by Crippen LogP contribution is -2.37. The number of ether oxygens (including phenoxy) is 3. The molecule has 0 saturated carbocycles. The Hall–Kier alpha value is 0.610. The van der Waals surface area contributed by atoms with Crippen LogP contribution in [0.1, 0.15) is 25.7 Å². The topological polar surface area (TPSA) is 27.7 Å². The second-order valence-corrected chi connectivity index (χ2v) is 5.52. The maximum absolute atomic E-state index is 5.92. The van der Waals surface area contributed by atoms with Crippen LogP contribution < -0.4 is 0 Å². The number of methoxy groups -OCH3 is 1. The lowest BCUT2D eigenvalue weighted by atomic mass is 10.0. The molecule has 4 heteroatoms. The number of rotatable bonds is 1. The summed E-state index contributed by atoms with van der Waals surface area (Å²) in [4.78, 5) is 0. The minimum atomic E-state index is -0.0488. The summed E-state index contributed by atoms with van der Waals surface area (Å²) < 4.78 is 17.4. The van der Waals surface area contributed by atoms with E-state index in [1.165, 1.54) is 0 Å². The summed E-state index contributed by atoms with van der Waals surface area (Å²) >= 11 is 2.41. The van der Waals surface area contributed by atoms with Crippen LogP contribution >= 0.6 is 22.6 Å². The summed E-state index contributed by atoms with van der Waals surface area (Å²) in [5, 5.41) is 0. The first-order valence-corrected chi connectivity index (χ1v) is 6.49. The Bertz CT molecular complexity index is 188. The predicted octanol–water partition coefficient (Wildman–Crippen LogP) is 2.12. The molecule has 2 aliphatic heterocycles. The third-order valence-corrected chi connectivity index (χ3v) is 4.15. The van der Waals surface area contributed by atoms with Gasteiger partial charge in [-0.05, 0) is 25.7 Å². The number of halogens is 1. The summed E-state index contributed by atoms with van der Waals surface area (Å²) in [7, 11) is 1.72. The molecule has 0 bridgehead atoms. The molecule has 2 rings (SSSR count). The lowest BCUT2D eigenvalue weighted by Gasteiger charge is -2.31. The fourth-order valence-electron chi connectivity index (χ4n) is 2.16. The standard InChI is InChI=1S/C10H17IO3/c1-12-10-7(11)4-5-8-9(14-10)3-2-6-13-8/h7-10H,2-6H2,1H3/t7?,8-,9-,10?/m1/s1. The highest BCUT2D eigenvalue weighted by molar-refractivity contribution is 14.1. The van der Waals surface area contributed by atoms with Crippen molar-refractivity contribution in [1.82, 2.24) is 0 Å². The fraction of sp³-hybridized carbons (Fsp3) is 1.00. The largest absolute Gasteiger partial charge is 0.376 e. The molecule has 2 fully saturated rings. The van der Waals surface area contributed by atoms with E-state index in [0.29, 0.717) is 10.0 Å². The van der Waals surface area contributed by atoms with Crippen LogP contribution in [0.2, 0.25) is 0 Å². The summed E-state index contributed by atoms with van der Waals surface area (Å²) in [6.45, 7) is 0.897. The van der Waals surface area contributed by atoms with Crippen molar-refractivity contribution >= 4 is 22.6 Å². The Morgan fingerprint density at radius 1 is 1.21 bits per heavy atom. The van der Waals surface area contributed by atoms with Crippen molar-refractivity contribution in [3.63, 3.8) is 0 Å². The molecular weight excluding hydrogens is 295 g/mol. The van der Waals surface area contributed by atoms with Gasteiger partial charge in [0.15, 0.2) is 6.29 Å². The van der Waals surface area contributed by atoms with Crippen LogP contribution in [0.3, 0.4) is 0 Å². The first kappa shape index (κ1) is 11.1. The number of hydrogen-bond acceptors (Lipinski definition) is 3.